The Bertz CT molecular complexity index is 546. The van der Waals surface area contributed by atoms with Gasteiger partial charge in [-0.25, -0.2) is 0 Å². The summed E-state index contributed by atoms with van der Waals surface area (Å²) in [5.41, 5.74) is 3.62. The molecule has 0 saturated heterocycles. The first kappa shape index (κ1) is 14.0. The molecule has 1 unspecified atom stereocenters. The molecule has 102 valence electrons. The van der Waals surface area contributed by atoms with Crippen LogP contribution in [0.3, 0.4) is 0 Å². The summed E-state index contributed by atoms with van der Waals surface area (Å²) in [6, 6.07) is 11.2. The quantitative estimate of drug-likeness (QED) is 0.882. The van der Waals surface area contributed by atoms with Crippen LogP contribution in [0.5, 0.6) is 0 Å². The molecule has 0 aliphatic heterocycles. The number of fused-ring (bicyclic) bond motifs is 1. The first-order chi connectivity index (χ1) is 9.11. The Morgan fingerprint density at radius 2 is 1.95 bits per heavy atom. The van der Waals surface area contributed by atoms with E-state index in [0.717, 1.165) is 24.2 Å². The van der Waals surface area contributed by atoms with E-state index in [1.54, 1.807) is 0 Å². The van der Waals surface area contributed by atoms with Crippen molar-refractivity contribution >= 4 is 10.9 Å². The maximum Gasteiger partial charge on any atom is 0.0707 e. The first-order valence-electron chi connectivity index (χ1n) is 7.20. The van der Waals surface area contributed by atoms with Gasteiger partial charge in [0, 0.05) is 17.1 Å². The fraction of sp³-hybridized carbons (Fsp3) is 0.471. The summed E-state index contributed by atoms with van der Waals surface area (Å²) in [5.74, 6) is 0.632. The lowest BCUT2D eigenvalue weighted by Gasteiger charge is -2.22. The van der Waals surface area contributed by atoms with E-state index < -0.39 is 0 Å². The molecule has 0 radical (unpaired) electrons. The maximum atomic E-state index is 4.61. The van der Waals surface area contributed by atoms with Gasteiger partial charge in [0.05, 0.1) is 5.52 Å². The zero-order chi connectivity index (χ0) is 13.8. The Hall–Kier alpha value is -1.41. The van der Waals surface area contributed by atoms with Gasteiger partial charge in [0.25, 0.3) is 0 Å². The molecule has 2 rings (SSSR count). The van der Waals surface area contributed by atoms with Gasteiger partial charge in [-0.05, 0) is 43.5 Å². The average molecular weight is 256 g/mol. The van der Waals surface area contributed by atoms with Gasteiger partial charge in [-0.3, -0.25) is 4.98 Å². The van der Waals surface area contributed by atoms with E-state index in [2.05, 4.69) is 68.3 Å². The standard InChI is InChI=1S/C17H24N2/c1-5-18-17(12(2)3)11-14-10-13(4)19-16-9-7-6-8-15(14)16/h6-10,12,17-18H,5,11H2,1-4H3. The lowest BCUT2D eigenvalue weighted by molar-refractivity contribution is 0.406. The zero-order valence-electron chi connectivity index (χ0n) is 12.4. The summed E-state index contributed by atoms with van der Waals surface area (Å²) in [5, 5.41) is 4.88. The number of hydrogen-bond donors (Lipinski definition) is 1. The summed E-state index contributed by atoms with van der Waals surface area (Å²) in [6.07, 6.45) is 1.06. The van der Waals surface area contributed by atoms with E-state index >= 15 is 0 Å². The molecule has 2 heteroatoms. The number of nitrogens with one attached hydrogen (secondary N) is 1. The van der Waals surface area contributed by atoms with Crippen LogP contribution in [0.25, 0.3) is 10.9 Å². The van der Waals surface area contributed by atoms with Gasteiger partial charge in [-0.1, -0.05) is 39.0 Å². The molecule has 1 atom stereocenters. The largest absolute Gasteiger partial charge is 0.314 e. The van der Waals surface area contributed by atoms with Crippen LogP contribution in [0, 0.1) is 12.8 Å². The smallest absolute Gasteiger partial charge is 0.0707 e. The molecule has 2 nitrogen and oxygen atoms in total. The topological polar surface area (TPSA) is 24.9 Å². The molecule has 1 aromatic heterocycles. The van der Waals surface area contributed by atoms with Gasteiger partial charge in [0.2, 0.25) is 0 Å². The highest BCUT2D eigenvalue weighted by Gasteiger charge is 2.14. The van der Waals surface area contributed by atoms with Crippen molar-refractivity contribution in [1.82, 2.24) is 10.3 Å². The fourth-order valence-electron chi connectivity index (χ4n) is 2.61. The van der Waals surface area contributed by atoms with Crippen LogP contribution in [0.15, 0.2) is 30.3 Å². The third-order valence-corrected chi connectivity index (χ3v) is 3.64. The second-order valence-corrected chi connectivity index (χ2v) is 5.55. The highest BCUT2D eigenvalue weighted by Crippen LogP contribution is 2.21. The summed E-state index contributed by atoms with van der Waals surface area (Å²) in [4.78, 5) is 4.61. The van der Waals surface area contributed by atoms with Crippen LogP contribution in [0.2, 0.25) is 0 Å². The number of rotatable bonds is 5. The highest BCUT2D eigenvalue weighted by atomic mass is 14.9. The minimum absolute atomic E-state index is 0.523. The van der Waals surface area contributed by atoms with Crippen molar-refractivity contribution in [3.8, 4) is 0 Å². The molecule has 19 heavy (non-hydrogen) atoms. The van der Waals surface area contributed by atoms with Gasteiger partial charge in [-0.15, -0.1) is 0 Å². The van der Waals surface area contributed by atoms with E-state index in [4.69, 9.17) is 0 Å². The van der Waals surface area contributed by atoms with Crippen LogP contribution in [0.1, 0.15) is 32.0 Å². The number of likely N-dealkylation sites (N-methyl/N-ethyl adjacent to an activating group) is 1. The SMILES string of the molecule is CCNC(Cc1cc(C)nc2ccccc12)C(C)C. The Morgan fingerprint density at radius 1 is 1.21 bits per heavy atom. The van der Waals surface area contributed by atoms with Crippen molar-refractivity contribution in [2.45, 2.75) is 40.2 Å². The van der Waals surface area contributed by atoms with Crippen molar-refractivity contribution in [2.24, 2.45) is 5.92 Å². The number of para-hydroxylation sites is 1. The maximum absolute atomic E-state index is 4.61. The highest BCUT2D eigenvalue weighted by molar-refractivity contribution is 5.82. The predicted molar refractivity (Wildman–Crippen MR) is 82.5 cm³/mol. The summed E-state index contributed by atoms with van der Waals surface area (Å²) in [7, 11) is 0. The van der Waals surface area contributed by atoms with E-state index in [9.17, 15) is 0 Å². The Balaban J connectivity index is 2.38. The summed E-state index contributed by atoms with van der Waals surface area (Å²) < 4.78 is 0. The van der Waals surface area contributed by atoms with Crippen molar-refractivity contribution in [3.63, 3.8) is 0 Å². The van der Waals surface area contributed by atoms with Gasteiger partial charge < -0.3 is 5.32 Å². The van der Waals surface area contributed by atoms with Crippen LogP contribution in [-0.4, -0.2) is 17.6 Å². The second-order valence-electron chi connectivity index (χ2n) is 5.55. The first-order valence-corrected chi connectivity index (χ1v) is 7.20. The molecular formula is C17H24N2. The Labute approximate surface area is 116 Å². The van der Waals surface area contributed by atoms with Crippen LogP contribution < -0.4 is 5.32 Å². The molecule has 0 fully saturated rings. The number of hydrogen-bond acceptors (Lipinski definition) is 2. The number of aryl methyl sites for hydroxylation is 1. The molecule has 1 heterocycles. The van der Waals surface area contributed by atoms with Crippen LogP contribution in [-0.2, 0) is 6.42 Å². The summed E-state index contributed by atoms with van der Waals surface area (Å²) in [6.45, 7) is 9.83. The minimum Gasteiger partial charge on any atom is -0.314 e. The molecule has 2 aromatic rings. The van der Waals surface area contributed by atoms with Crippen molar-refractivity contribution in [1.29, 1.82) is 0 Å². The van der Waals surface area contributed by atoms with E-state index in [1.807, 2.05) is 0 Å². The van der Waals surface area contributed by atoms with Crippen LogP contribution >= 0.6 is 0 Å². The van der Waals surface area contributed by atoms with Crippen molar-refractivity contribution < 1.29 is 0 Å². The lowest BCUT2D eigenvalue weighted by atomic mass is 9.94. The minimum atomic E-state index is 0.523. The molecule has 1 N–H and O–H groups in total. The lowest BCUT2D eigenvalue weighted by Crippen LogP contribution is -2.35. The zero-order valence-corrected chi connectivity index (χ0v) is 12.4. The third kappa shape index (κ3) is 3.32. The Kier molecular flexibility index (Phi) is 4.54. The number of benzene rings is 1. The fourth-order valence-corrected chi connectivity index (χ4v) is 2.61. The average Bonchev–Trinajstić information content (AvgIpc) is 2.37. The van der Waals surface area contributed by atoms with E-state index in [-0.39, 0.29) is 0 Å². The molecule has 0 spiro atoms. The van der Waals surface area contributed by atoms with Crippen molar-refractivity contribution in [3.05, 3.63) is 41.6 Å². The summed E-state index contributed by atoms with van der Waals surface area (Å²) >= 11 is 0. The number of pyridine rings is 1. The van der Waals surface area contributed by atoms with E-state index in [1.165, 1.54) is 10.9 Å². The van der Waals surface area contributed by atoms with Gasteiger partial charge in [0.1, 0.15) is 0 Å². The molecular weight excluding hydrogens is 232 g/mol. The van der Waals surface area contributed by atoms with Crippen LogP contribution in [0.4, 0.5) is 0 Å². The monoisotopic (exact) mass is 256 g/mol. The number of nitrogens with zero attached hydrogens (tertiary/aromatic N) is 1. The molecule has 0 saturated carbocycles. The second kappa shape index (κ2) is 6.16. The normalized spacial score (nSPS) is 13.1. The molecule has 0 aliphatic rings. The third-order valence-electron chi connectivity index (χ3n) is 3.64. The molecule has 0 amide bonds. The van der Waals surface area contributed by atoms with Crippen molar-refractivity contribution in [2.75, 3.05) is 6.54 Å². The Morgan fingerprint density at radius 3 is 2.63 bits per heavy atom. The molecule has 1 aromatic carbocycles. The molecule has 0 bridgehead atoms. The van der Waals surface area contributed by atoms with E-state index in [0.29, 0.717) is 12.0 Å². The predicted octanol–water partition coefficient (Wildman–Crippen LogP) is 3.72. The van der Waals surface area contributed by atoms with Gasteiger partial charge >= 0.3 is 0 Å². The van der Waals surface area contributed by atoms with Gasteiger partial charge in [-0.2, -0.15) is 0 Å². The molecule has 0 aliphatic carbocycles. The van der Waals surface area contributed by atoms with Gasteiger partial charge in [0.15, 0.2) is 0 Å². The number of aromatic nitrogens is 1.